The van der Waals surface area contributed by atoms with Crippen LogP contribution < -0.4 is 0 Å². The fourth-order valence-corrected chi connectivity index (χ4v) is 1.59. The Balaban J connectivity index is 2.90. The Morgan fingerprint density at radius 2 is 1.94 bits per heavy atom. The Kier molecular flexibility index (Phi) is 3.90. The number of aliphatic carboxylic acids is 1. The molecule has 0 aromatic heterocycles. The van der Waals surface area contributed by atoms with Gasteiger partial charge in [-0.15, -0.1) is 0 Å². The molecule has 1 rings (SSSR count). The molecule has 0 fully saturated rings. The molecule has 0 saturated heterocycles. The number of carboxylic acids is 1. The maximum absolute atomic E-state index is 11.0. The van der Waals surface area contributed by atoms with Crippen LogP contribution >= 0.6 is 0 Å². The summed E-state index contributed by atoms with van der Waals surface area (Å²) < 4.78 is 0. The van der Waals surface area contributed by atoms with Gasteiger partial charge in [0.2, 0.25) is 0 Å². The highest BCUT2D eigenvalue weighted by Gasteiger charge is 2.33. The van der Waals surface area contributed by atoms with E-state index >= 15 is 0 Å². The molecule has 0 bridgehead atoms. The largest absolute Gasteiger partial charge is 0.480 e. The number of nitrogens with zero attached hydrogens (tertiary/aromatic N) is 1. The van der Waals surface area contributed by atoms with Crippen LogP contribution in [0.2, 0.25) is 0 Å². The number of carboxylic acid groups (broad SMARTS) is 1. The molecule has 1 atom stereocenters. The Morgan fingerprint density at radius 3 is 2.29 bits per heavy atom. The summed E-state index contributed by atoms with van der Waals surface area (Å²) in [6.45, 7) is 5.66. The van der Waals surface area contributed by atoms with Crippen molar-refractivity contribution in [2.45, 2.75) is 33.1 Å². The van der Waals surface area contributed by atoms with Crippen molar-refractivity contribution in [2.75, 3.05) is 0 Å². The van der Waals surface area contributed by atoms with Gasteiger partial charge in [-0.25, -0.2) is 0 Å². The van der Waals surface area contributed by atoms with Gasteiger partial charge in [0.25, 0.3) is 0 Å². The Bertz CT molecular complexity index is 442. The van der Waals surface area contributed by atoms with E-state index in [2.05, 4.69) is 13.8 Å². The van der Waals surface area contributed by atoms with Crippen LogP contribution in [0.15, 0.2) is 24.3 Å². The molecule has 1 aromatic rings. The van der Waals surface area contributed by atoms with E-state index in [1.54, 1.807) is 0 Å². The third kappa shape index (κ3) is 3.07. The standard InChI is InChI=1S/C14H17NO2/c1-10(2)12-6-4-11(5-7-12)8-14(3,9-15)13(16)17/h4-7,10H,8H2,1-3H3,(H,16,17). The molecule has 90 valence electrons. The number of nitriles is 1. The molecule has 1 unspecified atom stereocenters. The van der Waals surface area contributed by atoms with Crippen LogP contribution in [0.3, 0.4) is 0 Å². The predicted octanol–water partition coefficient (Wildman–Crippen LogP) is 2.97. The van der Waals surface area contributed by atoms with Crippen molar-refractivity contribution in [1.29, 1.82) is 5.26 Å². The van der Waals surface area contributed by atoms with Crippen LogP contribution in [0, 0.1) is 16.7 Å². The van der Waals surface area contributed by atoms with Crippen molar-refractivity contribution in [3.05, 3.63) is 35.4 Å². The molecule has 0 aliphatic heterocycles. The van der Waals surface area contributed by atoms with Crippen LogP contribution in [-0.2, 0) is 11.2 Å². The minimum absolute atomic E-state index is 0.233. The van der Waals surface area contributed by atoms with Crippen LogP contribution in [0.4, 0.5) is 0 Å². The molecular formula is C14H17NO2. The minimum Gasteiger partial charge on any atom is -0.480 e. The van der Waals surface area contributed by atoms with Crippen molar-refractivity contribution in [3.63, 3.8) is 0 Å². The number of carbonyl (C=O) groups is 1. The van der Waals surface area contributed by atoms with E-state index in [-0.39, 0.29) is 6.42 Å². The quantitative estimate of drug-likeness (QED) is 0.866. The first-order valence-electron chi connectivity index (χ1n) is 5.62. The zero-order valence-corrected chi connectivity index (χ0v) is 10.4. The second kappa shape index (κ2) is 5.01. The molecule has 0 aliphatic rings. The molecule has 3 nitrogen and oxygen atoms in total. The summed E-state index contributed by atoms with van der Waals surface area (Å²) in [5.74, 6) is -0.626. The summed E-state index contributed by atoms with van der Waals surface area (Å²) in [6.07, 6.45) is 0.233. The highest BCUT2D eigenvalue weighted by molar-refractivity contribution is 5.77. The Hall–Kier alpha value is -1.82. The second-order valence-corrected chi connectivity index (χ2v) is 4.82. The topological polar surface area (TPSA) is 61.1 Å². The summed E-state index contributed by atoms with van der Waals surface area (Å²) in [6, 6.07) is 9.63. The van der Waals surface area contributed by atoms with Gasteiger partial charge >= 0.3 is 5.97 Å². The lowest BCUT2D eigenvalue weighted by Crippen LogP contribution is -2.28. The average Bonchev–Trinajstić information content (AvgIpc) is 2.29. The molecular weight excluding hydrogens is 214 g/mol. The van der Waals surface area contributed by atoms with E-state index < -0.39 is 11.4 Å². The van der Waals surface area contributed by atoms with Gasteiger partial charge in [-0.05, 0) is 24.0 Å². The van der Waals surface area contributed by atoms with E-state index in [1.807, 2.05) is 30.3 Å². The lowest BCUT2D eigenvalue weighted by molar-refractivity contribution is -0.144. The fraction of sp³-hybridized carbons (Fsp3) is 0.429. The Labute approximate surface area is 102 Å². The van der Waals surface area contributed by atoms with E-state index in [1.165, 1.54) is 12.5 Å². The molecule has 0 amide bonds. The number of benzene rings is 1. The summed E-state index contributed by atoms with van der Waals surface area (Å²) >= 11 is 0. The van der Waals surface area contributed by atoms with Gasteiger partial charge in [0.05, 0.1) is 6.07 Å². The van der Waals surface area contributed by atoms with E-state index in [0.717, 1.165) is 5.56 Å². The van der Waals surface area contributed by atoms with Gasteiger partial charge in [0.15, 0.2) is 5.41 Å². The maximum atomic E-state index is 11.0. The molecule has 1 aromatic carbocycles. The first-order chi connectivity index (χ1) is 7.89. The van der Waals surface area contributed by atoms with Gasteiger partial charge in [-0.3, -0.25) is 4.79 Å². The van der Waals surface area contributed by atoms with Gasteiger partial charge in [-0.2, -0.15) is 5.26 Å². The van der Waals surface area contributed by atoms with E-state index in [9.17, 15) is 4.79 Å². The first-order valence-corrected chi connectivity index (χ1v) is 5.62. The van der Waals surface area contributed by atoms with Crippen LogP contribution in [0.25, 0.3) is 0 Å². The third-order valence-corrected chi connectivity index (χ3v) is 2.92. The number of rotatable bonds is 4. The lowest BCUT2D eigenvalue weighted by Gasteiger charge is -2.16. The zero-order chi connectivity index (χ0) is 13.1. The summed E-state index contributed by atoms with van der Waals surface area (Å²) in [7, 11) is 0. The summed E-state index contributed by atoms with van der Waals surface area (Å²) in [5, 5.41) is 17.9. The molecule has 0 heterocycles. The van der Waals surface area contributed by atoms with Crippen molar-refractivity contribution in [1.82, 2.24) is 0 Å². The molecule has 0 saturated carbocycles. The van der Waals surface area contributed by atoms with Gasteiger partial charge in [0, 0.05) is 6.42 Å². The van der Waals surface area contributed by atoms with E-state index in [0.29, 0.717) is 5.92 Å². The van der Waals surface area contributed by atoms with Crippen LogP contribution in [0.5, 0.6) is 0 Å². The van der Waals surface area contributed by atoms with Crippen LogP contribution in [0.1, 0.15) is 37.8 Å². The van der Waals surface area contributed by atoms with Gasteiger partial charge in [0.1, 0.15) is 0 Å². The number of hydrogen-bond acceptors (Lipinski definition) is 2. The smallest absolute Gasteiger partial charge is 0.324 e. The molecule has 0 spiro atoms. The molecule has 3 heteroatoms. The summed E-state index contributed by atoms with van der Waals surface area (Å²) in [4.78, 5) is 11.0. The average molecular weight is 231 g/mol. The van der Waals surface area contributed by atoms with Crippen molar-refractivity contribution >= 4 is 5.97 Å². The fourth-order valence-electron chi connectivity index (χ4n) is 1.59. The highest BCUT2D eigenvalue weighted by atomic mass is 16.4. The van der Waals surface area contributed by atoms with Crippen LogP contribution in [-0.4, -0.2) is 11.1 Å². The summed E-state index contributed by atoms with van der Waals surface area (Å²) in [5.41, 5.74) is 0.739. The predicted molar refractivity (Wildman–Crippen MR) is 65.6 cm³/mol. The first kappa shape index (κ1) is 13.2. The molecule has 0 aliphatic carbocycles. The SMILES string of the molecule is CC(C)c1ccc(CC(C)(C#N)C(=O)O)cc1. The second-order valence-electron chi connectivity index (χ2n) is 4.82. The van der Waals surface area contributed by atoms with Crippen molar-refractivity contribution < 1.29 is 9.90 Å². The van der Waals surface area contributed by atoms with Gasteiger partial charge < -0.3 is 5.11 Å². The zero-order valence-electron chi connectivity index (χ0n) is 10.4. The Morgan fingerprint density at radius 1 is 1.41 bits per heavy atom. The third-order valence-electron chi connectivity index (χ3n) is 2.92. The number of hydrogen-bond donors (Lipinski definition) is 1. The van der Waals surface area contributed by atoms with E-state index in [4.69, 9.17) is 10.4 Å². The van der Waals surface area contributed by atoms with Crippen molar-refractivity contribution in [3.8, 4) is 6.07 Å². The normalized spacial score (nSPS) is 14.1. The van der Waals surface area contributed by atoms with Crippen molar-refractivity contribution in [2.24, 2.45) is 5.41 Å². The molecule has 17 heavy (non-hydrogen) atoms. The highest BCUT2D eigenvalue weighted by Crippen LogP contribution is 2.23. The lowest BCUT2D eigenvalue weighted by atomic mass is 9.85. The minimum atomic E-state index is -1.35. The monoisotopic (exact) mass is 231 g/mol. The maximum Gasteiger partial charge on any atom is 0.324 e. The van der Waals surface area contributed by atoms with Gasteiger partial charge in [-0.1, -0.05) is 38.1 Å². The molecule has 0 radical (unpaired) electrons. The molecule has 1 N–H and O–H groups in total.